The maximum absolute atomic E-state index is 10.5. The number of rotatable bonds is 5. The van der Waals surface area contributed by atoms with Crippen LogP contribution < -0.4 is 0 Å². The second kappa shape index (κ2) is 6.44. The Labute approximate surface area is 90.2 Å². The third-order valence-electron chi connectivity index (χ3n) is 2.42. The number of unbranched alkanes of at least 4 members (excludes halogenated alkanes) is 1. The maximum Gasteiger partial charge on any atom is 0.306 e. The Bertz CT molecular complexity index is 247. The van der Waals surface area contributed by atoms with Crippen LogP contribution in [0.2, 0.25) is 0 Å². The fourth-order valence-electron chi connectivity index (χ4n) is 1.71. The fraction of sp³-hybridized carbons (Fsp3) is 0.727. The molecule has 0 aromatic carbocycles. The molecule has 1 unspecified atom stereocenters. The lowest BCUT2D eigenvalue weighted by molar-refractivity contribution is -0.142. The van der Waals surface area contributed by atoms with Crippen LogP contribution in [0.5, 0.6) is 0 Å². The molecule has 0 aromatic heterocycles. The number of carbonyl (C=O) groups is 1. The highest BCUT2D eigenvalue weighted by Crippen LogP contribution is 2.09. The van der Waals surface area contributed by atoms with Gasteiger partial charge in [0.1, 0.15) is 0 Å². The predicted molar refractivity (Wildman–Crippen MR) is 56.5 cm³/mol. The molecule has 4 heteroatoms. The average molecular weight is 211 g/mol. The minimum absolute atomic E-state index is 0.0889. The lowest BCUT2D eigenvalue weighted by Crippen LogP contribution is -2.43. The number of carboxylic acid groups (broad SMARTS) is 1. The van der Waals surface area contributed by atoms with Crippen LogP contribution in [0.1, 0.15) is 19.3 Å². The molecular weight excluding hydrogens is 194 g/mol. The van der Waals surface area contributed by atoms with E-state index in [1.165, 1.54) is 0 Å². The highest BCUT2D eigenvalue weighted by molar-refractivity contribution is 5.67. The molecule has 0 bridgehead atoms. The summed E-state index contributed by atoms with van der Waals surface area (Å²) in [5, 5.41) is 8.64. The van der Waals surface area contributed by atoms with Gasteiger partial charge in [-0.15, -0.1) is 12.3 Å². The van der Waals surface area contributed by atoms with Crippen LogP contribution in [0.15, 0.2) is 0 Å². The lowest BCUT2D eigenvalue weighted by Gasteiger charge is -2.32. The largest absolute Gasteiger partial charge is 0.481 e. The number of aliphatic carboxylic acids is 1. The third-order valence-corrected chi connectivity index (χ3v) is 2.42. The van der Waals surface area contributed by atoms with Crippen molar-refractivity contribution in [3.63, 3.8) is 0 Å². The quantitative estimate of drug-likeness (QED) is 0.533. The number of ether oxygens (including phenoxy) is 1. The molecule has 1 N–H and O–H groups in total. The van der Waals surface area contributed by atoms with E-state index >= 15 is 0 Å². The molecule has 84 valence electrons. The zero-order chi connectivity index (χ0) is 11.1. The van der Waals surface area contributed by atoms with Gasteiger partial charge < -0.3 is 9.84 Å². The van der Waals surface area contributed by atoms with Crippen LogP contribution >= 0.6 is 0 Å². The Morgan fingerprint density at radius 1 is 1.67 bits per heavy atom. The highest BCUT2D eigenvalue weighted by Gasteiger charge is 2.21. The molecule has 1 heterocycles. The predicted octanol–water partition coefficient (Wildman–Crippen LogP) is 0.575. The molecule has 1 rings (SSSR count). The number of morpholine rings is 1. The monoisotopic (exact) mass is 211 g/mol. The van der Waals surface area contributed by atoms with Crippen molar-refractivity contribution in [2.45, 2.75) is 25.4 Å². The molecule has 0 aromatic rings. The molecule has 4 nitrogen and oxygen atoms in total. The number of hydrogen-bond acceptors (Lipinski definition) is 3. The van der Waals surface area contributed by atoms with Crippen molar-refractivity contribution in [2.75, 3.05) is 26.2 Å². The first kappa shape index (κ1) is 12.0. The average Bonchev–Trinajstić information content (AvgIpc) is 2.18. The molecule has 0 radical (unpaired) electrons. The van der Waals surface area contributed by atoms with Gasteiger partial charge >= 0.3 is 5.97 Å². The van der Waals surface area contributed by atoms with Crippen LogP contribution in [0.25, 0.3) is 0 Å². The van der Waals surface area contributed by atoms with E-state index in [0.717, 1.165) is 25.9 Å². The van der Waals surface area contributed by atoms with Gasteiger partial charge in [-0.25, -0.2) is 0 Å². The van der Waals surface area contributed by atoms with E-state index in [2.05, 4.69) is 10.8 Å². The molecule has 0 aliphatic carbocycles. The molecule has 1 saturated heterocycles. The standard InChI is InChI=1S/C11H17NO3/c1-2-3-4-5-12-6-7-15-10(9-12)8-11(13)14/h1,10H,3-9H2,(H,13,14). The van der Waals surface area contributed by atoms with Gasteiger partial charge in [0.25, 0.3) is 0 Å². The molecule has 0 amide bonds. The first-order chi connectivity index (χ1) is 7.22. The second-order valence-electron chi connectivity index (χ2n) is 3.70. The van der Waals surface area contributed by atoms with E-state index in [1.807, 2.05) is 0 Å². The smallest absolute Gasteiger partial charge is 0.306 e. The van der Waals surface area contributed by atoms with E-state index in [-0.39, 0.29) is 12.5 Å². The van der Waals surface area contributed by atoms with E-state index in [0.29, 0.717) is 13.2 Å². The van der Waals surface area contributed by atoms with Gasteiger partial charge in [-0.2, -0.15) is 0 Å². The summed E-state index contributed by atoms with van der Waals surface area (Å²) in [5.74, 6) is 1.80. The van der Waals surface area contributed by atoms with Gasteiger partial charge in [0.05, 0.1) is 19.1 Å². The van der Waals surface area contributed by atoms with Crippen molar-refractivity contribution in [1.29, 1.82) is 0 Å². The van der Waals surface area contributed by atoms with Crippen LogP contribution in [0.3, 0.4) is 0 Å². The summed E-state index contributed by atoms with van der Waals surface area (Å²) in [7, 11) is 0. The minimum Gasteiger partial charge on any atom is -0.481 e. The minimum atomic E-state index is -0.800. The molecule has 0 spiro atoms. The molecule has 1 atom stereocenters. The van der Waals surface area contributed by atoms with Crippen molar-refractivity contribution in [1.82, 2.24) is 4.90 Å². The number of terminal acetylenes is 1. The zero-order valence-electron chi connectivity index (χ0n) is 8.82. The molecular formula is C11H17NO3. The first-order valence-corrected chi connectivity index (χ1v) is 5.21. The SMILES string of the molecule is C#CCCCN1CCOC(CC(=O)O)C1. The number of hydrogen-bond donors (Lipinski definition) is 1. The normalized spacial score (nSPS) is 22.2. The summed E-state index contributed by atoms with van der Waals surface area (Å²) in [6.07, 6.45) is 6.84. The summed E-state index contributed by atoms with van der Waals surface area (Å²) in [5.41, 5.74) is 0. The van der Waals surface area contributed by atoms with Gasteiger partial charge in [0.2, 0.25) is 0 Å². The van der Waals surface area contributed by atoms with Gasteiger partial charge in [0.15, 0.2) is 0 Å². The topological polar surface area (TPSA) is 49.8 Å². The molecule has 15 heavy (non-hydrogen) atoms. The molecule has 1 fully saturated rings. The Morgan fingerprint density at radius 3 is 3.13 bits per heavy atom. The Kier molecular flexibility index (Phi) is 5.16. The van der Waals surface area contributed by atoms with Crippen LogP contribution in [-0.2, 0) is 9.53 Å². The van der Waals surface area contributed by atoms with Crippen molar-refractivity contribution in [3.05, 3.63) is 0 Å². The maximum atomic E-state index is 10.5. The van der Waals surface area contributed by atoms with Crippen LogP contribution in [-0.4, -0.2) is 48.3 Å². The fourth-order valence-corrected chi connectivity index (χ4v) is 1.71. The molecule has 1 aliphatic rings. The van der Waals surface area contributed by atoms with Crippen molar-refractivity contribution in [2.24, 2.45) is 0 Å². The van der Waals surface area contributed by atoms with Gasteiger partial charge in [-0.1, -0.05) is 0 Å². The van der Waals surface area contributed by atoms with Gasteiger partial charge in [0, 0.05) is 19.5 Å². The summed E-state index contributed by atoms with van der Waals surface area (Å²) >= 11 is 0. The number of nitrogens with zero attached hydrogens (tertiary/aromatic N) is 1. The summed E-state index contributed by atoms with van der Waals surface area (Å²) in [4.78, 5) is 12.7. The Balaban J connectivity index is 2.23. The van der Waals surface area contributed by atoms with E-state index < -0.39 is 5.97 Å². The highest BCUT2D eigenvalue weighted by atomic mass is 16.5. The summed E-state index contributed by atoms with van der Waals surface area (Å²) in [6.45, 7) is 3.13. The Hall–Kier alpha value is -1.05. The summed E-state index contributed by atoms with van der Waals surface area (Å²) in [6, 6.07) is 0. The van der Waals surface area contributed by atoms with E-state index in [9.17, 15) is 4.79 Å². The third kappa shape index (κ3) is 4.82. The number of carboxylic acids is 1. The van der Waals surface area contributed by atoms with Gasteiger partial charge in [-0.3, -0.25) is 9.69 Å². The first-order valence-electron chi connectivity index (χ1n) is 5.21. The lowest BCUT2D eigenvalue weighted by atomic mass is 10.2. The molecule has 1 aliphatic heterocycles. The van der Waals surface area contributed by atoms with Crippen LogP contribution in [0, 0.1) is 12.3 Å². The van der Waals surface area contributed by atoms with E-state index in [1.54, 1.807) is 0 Å². The van der Waals surface area contributed by atoms with Crippen LogP contribution in [0.4, 0.5) is 0 Å². The zero-order valence-corrected chi connectivity index (χ0v) is 8.82. The van der Waals surface area contributed by atoms with Crippen molar-refractivity contribution in [3.8, 4) is 12.3 Å². The second-order valence-corrected chi connectivity index (χ2v) is 3.70. The van der Waals surface area contributed by atoms with E-state index in [4.69, 9.17) is 16.3 Å². The summed E-state index contributed by atoms with van der Waals surface area (Å²) < 4.78 is 5.36. The Morgan fingerprint density at radius 2 is 2.47 bits per heavy atom. The molecule has 0 saturated carbocycles. The van der Waals surface area contributed by atoms with Gasteiger partial charge in [-0.05, 0) is 13.0 Å². The van der Waals surface area contributed by atoms with Crippen molar-refractivity contribution < 1.29 is 14.6 Å². The van der Waals surface area contributed by atoms with Crippen molar-refractivity contribution >= 4 is 5.97 Å².